The van der Waals surface area contributed by atoms with Gasteiger partial charge in [-0.3, -0.25) is 9.59 Å². The maximum absolute atomic E-state index is 12.1. The first kappa shape index (κ1) is 16.2. The largest absolute Gasteiger partial charge is 0.460 e. The lowest BCUT2D eigenvalue weighted by molar-refractivity contribution is -0.165. The predicted molar refractivity (Wildman–Crippen MR) is 77.8 cm³/mol. The Kier molecular flexibility index (Phi) is 4.80. The minimum absolute atomic E-state index is 0.243. The topological polar surface area (TPSA) is 43.4 Å². The van der Waals surface area contributed by atoms with Gasteiger partial charge >= 0.3 is 5.97 Å². The van der Waals surface area contributed by atoms with Crippen LogP contribution in [0.3, 0.4) is 0 Å². The smallest absolute Gasteiger partial charge is 0.312 e. The van der Waals surface area contributed by atoms with Crippen molar-refractivity contribution in [2.24, 2.45) is 5.41 Å². The first-order valence-corrected chi connectivity index (χ1v) is 7.23. The van der Waals surface area contributed by atoms with Gasteiger partial charge < -0.3 is 4.74 Å². The van der Waals surface area contributed by atoms with E-state index in [0.29, 0.717) is 11.3 Å². The molecule has 1 rings (SSSR count). The summed E-state index contributed by atoms with van der Waals surface area (Å²) < 4.78 is 5.40. The summed E-state index contributed by atoms with van der Waals surface area (Å²) in [5.74, 6) is -0.243. The third-order valence-electron chi connectivity index (χ3n) is 2.42. The molecule has 0 fully saturated rings. The molecule has 0 radical (unpaired) electrons. The molecule has 1 aromatic heterocycles. The summed E-state index contributed by atoms with van der Waals surface area (Å²) in [6.45, 7) is 9.20. The standard InChI is InChI=1S/C14H19ClO3S/c1-13(2,3)18-12(17)14(4,5)8-9-6-7-10(19-9)11(15)16/h6-7H,8H2,1-5H3. The first-order valence-electron chi connectivity index (χ1n) is 6.03. The van der Waals surface area contributed by atoms with E-state index in [-0.39, 0.29) is 5.97 Å². The van der Waals surface area contributed by atoms with Gasteiger partial charge in [0.15, 0.2) is 0 Å². The van der Waals surface area contributed by atoms with Crippen molar-refractivity contribution >= 4 is 34.1 Å². The van der Waals surface area contributed by atoms with E-state index in [0.717, 1.165) is 4.88 Å². The Balaban J connectivity index is 2.78. The Morgan fingerprint density at radius 3 is 2.21 bits per heavy atom. The summed E-state index contributed by atoms with van der Waals surface area (Å²) in [4.78, 5) is 24.6. The monoisotopic (exact) mass is 302 g/mol. The Morgan fingerprint density at radius 2 is 1.79 bits per heavy atom. The van der Waals surface area contributed by atoms with E-state index in [4.69, 9.17) is 16.3 Å². The van der Waals surface area contributed by atoms with Crippen molar-refractivity contribution in [1.82, 2.24) is 0 Å². The van der Waals surface area contributed by atoms with Crippen LogP contribution < -0.4 is 0 Å². The fourth-order valence-electron chi connectivity index (χ4n) is 1.50. The van der Waals surface area contributed by atoms with Crippen molar-refractivity contribution in [3.63, 3.8) is 0 Å². The van der Waals surface area contributed by atoms with E-state index < -0.39 is 16.3 Å². The molecule has 1 heterocycles. The normalized spacial score (nSPS) is 12.3. The van der Waals surface area contributed by atoms with Gasteiger partial charge in [-0.15, -0.1) is 11.3 Å². The third kappa shape index (κ3) is 4.96. The molecular weight excluding hydrogens is 284 g/mol. The molecule has 0 bridgehead atoms. The van der Waals surface area contributed by atoms with Gasteiger partial charge in [0.1, 0.15) is 5.60 Å². The average molecular weight is 303 g/mol. The number of carbonyl (C=O) groups excluding carboxylic acids is 2. The second-order valence-corrected chi connectivity index (χ2v) is 7.61. The molecule has 0 aliphatic rings. The van der Waals surface area contributed by atoms with E-state index in [1.165, 1.54) is 11.3 Å². The maximum atomic E-state index is 12.1. The summed E-state index contributed by atoms with van der Waals surface area (Å²) >= 11 is 6.73. The molecule has 19 heavy (non-hydrogen) atoms. The second kappa shape index (κ2) is 5.63. The highest BCUT2D eigenvalue weighted by atomic mass is 35.5. The van der Waals surface area contributed by atoms with Crippen molar-refractivity contribution in [3.05, 3.63) is 21.9 Å². The molecular formula is C14H19ClO3S. The molecule has 1 aromatic rings. The molecule has 0 unspecified atom stereocenters. The Bertz CT molecular complexity index is 483. The van der Waals surface area contributed by atoms with Crippen molar-refractivity contribution in [2.75, 3.05) is 0 Å². The van der Waals surface area contributed by atoms with Gasteiger partial charge in [0.2, 0.25) is 0 Å². The van der Waals surface area contributed by atoms with Gasteiger partial charge in [-0.05, 0) is 64.8 Å². The van der Waals surface area contributed by atoms with Crippen LogP contribution in [0.1, 0.15) is 49.2 Å². The predicted octanol–water partition coefficient (Wildman–Crippen LogP) is 4.04. The number of carbonyl (C=O) groups is 2. The summed E-state index contributed by atoms with van der Waals surface area (Å²) in [5, 5.41) is -0.466. The van der Waals surface area contributed by atoms with Crippen LogP contribution in [0.25, 0.3) is 0 Å². The van der Waals surface area contributed by atoms with Crippen LogP contribution in [0.5, 0.6) is 0 Å². The lowest BCUT2D eigenvalue weighted by Gasteiger charge is -2.28. The van der Waals surface area contributed by atoms with Gasteiger partial charge in [-0.25, -0.2) is 0 Å². The number of hydrogen-bond donors (Lipinski definition) is 0. The lowest BCUT2D eigenvalue weighted by Crippen LogP contribution is -2.35. The number of hydrogen-bond acceptors (Lipinski definition) is 4. The van der Waals surface area contributed by atoms with Gasteiger partial charge in [0.05, 0.1) is 10.3 Å². The zero-order valence-corrected chi connectivity index (χ0v) is 13.4. The number of ether oxygens (including phenoxy) is 1. The summed E-state index contributed by atoms with van der Waals surface area (Å²) in [5.41, 5.74) is -1.13. The zero-order valence-electron chi connectivity index (χ0n) is 11.9. The van der Waals surface area contributed by atoms with E-state index in [1.807, 2.05) is 40.7 Å². The molecule has 0 aliphatic carbocycles. The van der Waals surface area contributed by atoms with Gasteiger partial charge in [0.25, 0.3) is 5.24 Å². The zero-order chi connectivity index (χ0) is 14.8. The lowest BCUT2D eigenvalue weighted by atomic mass is 9.88. The number of rotatable bonds is 4. The van der Waals surface area contributed by atoms with Crippen LogP contribution in [0.2, 0.25) is 0 Å². The number of halogens is 1. The molecule has 0 atom stereocenters. The van der Waals surface area contributed by atoms with Crippen molar-refractivity contribution in [1.29, 1.82) is 0 Å². The molecule has 0 aromatic carbocycles. The number of esters is 1. The van der Waals surface area contributed by atoms with Crippen LogP contribution >= 0.6 is 22.9 Å². The Hall–Kier alpha value is -0.870. The first-order chi connectivity index (χ1) is 8.51. The molecule has 106 valence electrons. The summed E-state index contributed by atoms with van der Waals surface area (Å²) in [6.07, 6.45) is 0.525. The molecule has 5 heteroatoms. The highest BCUT2D eigenvalue weighted by molar-refractivity contribution is 7.15. The quantitative estimate of drug-likeness (QED) is 0.623. The molecule has 0 amide bonds. The highest BCUT2D eigenvalue weighted by Gasteiger charge is 2.33. The number of thiophene rings is 1. The third-order valence-corrected chi connectivity index (χ3v) is 3.82. The van der Waals surface area contributed by atoms with E-state index in [1.54, 1.807) is 6.07 Å². The molecule has 0 N–H and O–H groups in total. The second-order valence-electron chi connectivity index (χ2n) is 6.10. The fourth-order valence-corrected chi connectivity index (χ4v) is 2.75. The van der Waals surface area contributed by atoms with E-state index in [9.17, 15) is 9.59 Å². The highest BCUT2D eigenvalue weighted by Crippen LogP contribution is 2.29. The van der Waals surface area contributed by atoms with Gasteiger partial charge in [-0.2, -0.15) is 0 Å². The average Bonchev–Trinajstić information content (AvgIpc) is 2.62. The Labute approximate surface area is 122 Å². The Morgan fingerprint density at radius 1 is 1.21 bits per heavy atom. The summed E-state index contributed by atoms with van der Waals surface area (Å²) in [7, 11) is 0. The van der Waals surface area contributed by atoms with Crippen molar-refractivity contribution in [3.8, 4) is 0 Å². The van der Waals surface area contributed by atoms with Crippen LogP contribution in [0.4, 0.5) is 0 Å². The molecule has 0 aliphatic heterocycles. The molecule has 0 saturated heterocycles. The molecule has 0 saturated carbocycles. The van der Waals surface area contributed by atoms with Crippen LogP contribution in [0.15, 0.2) is 12.1 Å². The van der Waals surface area contributed by atoms with Crippen molar-refractivity contribution < 1.29 is 14.3 Å². The minimum atomic E-state index is -0.634. The SMILES string of the molecule is CC(C)(C)OC(=O)C(C)(C)Cc1ccc(C(=O)Cl)s1. The fraction of sp³-hybridized carbons (Fsp3) is 0.571. The minimum Gasteiger partial charge on any atom is -0.460 e. The van der Waals surface area contributed by atoms with E-state index >= 15 is 0 Å². The maximum Gasteiger partial charge on any atom is 0.312 e. The van der Waals surface area contributed by atoms with Crippen LogP contribution in [-0.2, 0) is 16.0 Å². The van der Waals surface area contributed by atoms with Gasteiger partial charge in [0, 0.05) is 4.88 Å². The van der Waals surface area contributed by atoms with Crippen LogP contribution in [-0.4, -0.2) is 16.8 Å². The molecule has 0 spiro atoms. The van der Waals surface area contributed by atoms with Crippen molar-refractivity contribution in [2.45, 2.75) is 46.6 Å². The van der Waals surface area contributed by atoms with Crippen LogP contribution in [0, 0.1) is 5.41 Å². The molecule has 3 nitrogen and oxygen atoms in total. The summed E-state index contributed by atoms with van der Waals surface area (Å²) in [6, 6.07) is 3.51. The van der Waals surface area contributed by atoms with Gasteiger partial charge in [-0.1, -0.05) is 0 Å². The van der Waals surface area contributed by atoms with E-state index in [2.05, 4.69) is 0 Å².